The average Bonchev–Trinajstić information content (AvgIpc) is 2.73. The number of hydrogen-bond donors (Lipinski definition) is 1. The Bertz CT molecular complexity index is 310. The maximum atomic E-state index is 5.81. The Kier molecular flexibility index (Phi) is 2.54. The fourth-order valence-electron chi connectivity index (χ4n) is 1.55. The highest BCUT2D eigenvalue weighted by Crippen LogP contribution is 2.45. The zero-order chi connectivity index (χ0) is 10.1. The summed E-state index contributed by atoms with van der Waals surface area (Å²) in [7, 11) is 0. The van der Waals surface area contributed by atoms with Crippen LogP contribution in [0.15, 0.2) is 4.52 Å². The molecule has 3 atom stereocenters. The maximum absolute atomic E-state index is 5.81. The first-order chi connectivity index (χ1) is 6.70. The summed E-state index contributed by atoms with van der Waals surface area (Å²) in [6, 6.07) is 0.139. The third-order valence-corrected chi connectivity index (χ3v) is 2.89. The summed E-state index contributed by atoms with van der Waals surface area (Å²) in [5, 5.41) is 3.97. The second-order valence-electron chi connectivity index (χ2n) is 4.24. The third kappa shape index (κ3) is 1.95. The molecule has 4 heteroatoms. The van der Waals surface area contributed by atoms with Crippen LogP contribution in [0, 0.1) is 5.92 Å². The van der Waals surface area contributed by atoms with E-state index in [4.69, 9.17) is 10.3 Å². The van der Waals surface area contributed by atoms with Crippen LogP contribution in [0.1, 0.15) is 44.3 Å². The van der Waals surface area contributed by atoms with Crippen molar-refractivity contribution in [3.8, 4) is 0 Å². The van der Waals surface area contributed by atoms with Crippen molar-refractivity contribution in [2.24, 2.45) is 11.7 Å². The van der Waals surface area contributed by atoms with Crippen LogP contribution in [0.5, 0.6) is 0 Å². The zero-order valence-corrected chi connectivity index (χ0v) is 8.73. The second-order valence-corrected chi connectivity index (χ2v) is 4.24. The van der Waals surface area contributed by atoms with Crippen LogP contribution in [0.2, 0.25) is 0 Å². The van der Waals surface area contributed by atoms with Crippen LogP contribution in [-0.2, 0) is 6.42 Å². The van der Waals surface area contributed by atoms with Crippen molar-refractivity contribution in [3.63, 3.8) is 0 Å². The minimum atomic E-state index is 0.139. The smallest absolute Gasteiger partial charge is 0.228 e. The first-order valence-electron chi connectivity index (χ1n) is 5.28. The Hall–Kier alpha value is -0.900. The fourth-order valence-corrected chi connectivity index (χ4v) is 1.55. The Labute approximate surface area is 83.9 Å². The first-order valence-corrected chi connectivity index (χ1v) is 5.28. The summed E-state index contributed by atoms with van der Waals surface area (Å²) in [6.45, 7) is 4.27. The molecule has 14 heavy (non-hydrogen) atoms. The molecule has 1 saturated carbocycles. The maximum Gasteiger partial charge on any atom is 0.228 e. The van der Waals surface area contributed by atoms with Crippen molar-refractivity contribution in [2.45, 2.75) is 45.1 Å². The molecule has 4 nitrogen and oxygen atoms in total. The lowest BCUT2D eigenvalue weighted by Gasteiger charge is -2.02. The summed E-state index contributed by atoms with van der Waals surface area (Å²) < 4.78 is 5.15. The highest BCUT2D eigenvalue weighted by Gasteiger charge is 2.38. The molecule has 1 fully saturated rings. The molecular weight excluding hydrogens is 178 g/mol. The lowest BCUT2D eigenvalue weighted by atomic mass is 10.2. The minimum absolute atomic E-state index is 0.139. The van der Waals surface area contributed by atoms with E-state index in [2.05, 4.69) is 24.0 Å². The van der Waals surface area contributed by atoms with Crippen LogP contribution in [0.25, 0.3) is 0 Å². The van der Waals surface area contributed by atoms with E-state index in [-0.39, 0.29) is 6.04 Å². The number of hydrogen-bond acceptors (Lipinski definition) is 4. The van der Waals surface area contributed by atoms with Crippen molar-refractivity contribution in [3.05, 3.63) is 11.7 Å². The van der Waals surface area contributed by atoms with Crippen molar-refractivity contribution in [2.75, 3.05) is 0 Å². The van der Waals surface area contributed by atoms with E-state index >= 15 is 0 Å². The molecule has 1 aliphatic rings. The van der Waals surface area contributed by atoms with E-state index in [1.165, 1.54) is 6.42 Å². The molecular formula is C10H17N3O. The van der Waals surface area contributed by atoms with Gasteiger partial charge in [0.15, 0.2) is 5.82 Å². The lowest BCUT2D eigenvalue weighted by molar-refractivity contribution is 0.362. The Morgan fingerprint density at radius 2 is 2.36 bits per heavy atom. The normalized spacial score (nSPS) is 27.6. The van der Waals surface area contributed by atoms with Gasteiger partial charge in [-0.2, -0.15) is 4.98 Å². The topological polar surface area (TPSA) is 64.9 Å². The quantitative estimate of drug-likeness (QED) is 0.790. The van der Waals surface area contributed by atoms with Gasteiger partial charge in [-0.05, 0) is 18.8 Å². The highest BCUT2D eigenvalue weighted by atomic mass is 16.5. The van der Waals surface area contributed by atoms with Gasteiger partial charge in [-0.1, -0.05) is 19.0 Å². The van der Waals surface area contributed by atoms with Crippen LogP contribution < -0.4 is 5.73 Å². The zero-order valence-electron chi connectivity index (χ0n) is 8.73. The molecule has 0 spiro atoms. The molecule has 0 aliphatic heterocycles. The Morgan fingerprint density at radius 1 is 1.64 bits per heavy atom. The van der Waals surface area contributed by atoms with Gasteiger partial charge in [0.25, 0.3) is 0 Å². The number of rotatable bonds is 4. The van der Waals surface area contributed by atoms with Crippen molar-refractivity contribution in [1.29, 1.82) is 0 Å². The van der Waals surface area contributed by atoms with E-state index in [1.807, 2.05) is 0 Å². The molecule has 0 saturated heterocycles. The van der Waals surface area contributed by atoms with Crippen LogP contribution in [-0.4, -0.2) is 16.2 Å². The van der Waals surface area contributed by atoms with Gasteiger partial charge in [-0.25, -0.2) is 0 Å². The van der Waals surface area contributed by atoms with Gasteiger partial charge < -0.3 is 10.3 Å². The largest absolute Gasteiger partial charge is 0.339 e. The highest BCUT2D eigenvalue weighted by molar-refractivity contribution is 5.07. The van der Waals surface area contributed by atoms with E-state index in [0.717, 1.165) is 18.2 Å². The molecule has 1 aromatic heterocycles. The van der Waals surface area contributed by atoms with Crippen molar-refractivity contribution < 1.29 is 4.52 Å². The molecule has 1 heterocycles. The summed E-state index contributed by atoms with van der Waals surface area (Å²) in [6.07, 6.45) is 2.83. The Morgan fingerprint density at radius 3 is 2.93 bits per heavy atom. The SMILES string of the molecule is CCC(N)Cc1nc(C2CC2C)no1. The van der Waals surface area contributed by atoms with Crippen LogP contribution in [0.4, 0.5) is 0 Å². The van der Waals surface area contributed by atoms with Gasteiger partial charge in [0.1, 0.15) is 0 Å². The first kappa shape index (κ1) is 9.65. The van der Waals surface area contributed by atoms with E-state index in [1.54, 1.807) is 0 Å². The van der Waals surface area contributed by atoms with Gasteiger partial charge in [-0.15, -0.1) is 0 Å². The molecule has 78 valence electrons. The lowest BCUT2D eigenvalue weighted by Crippen LogP contribution is -2.21. The summed E-state index contributed by atoms with van der Waals surface area (Å²) in [5.74, 6) is 2.81. The van der Waals surface area contributed by atoms with Gasteiger partial charge in [0, 0.05) is 18.4 Å². The van der Waals surface area contributed by atoms with Crippen LogP contribution >= 0.6 is 0 Å². The second kappa shape index (κ2) is 3.69. The van der Waals surface area contributed by atoms with Gasteiger partial charge in [0.05, 0.1) is 0 Å². The molecule has 0 aromatic carbocycles. The van der Waals surface area contributed by atoms with Gasteiger partial charge in [0.2, 0.25) is 5.89 Å². The monoisotopic (exact) mass is 195 g/mol. The van der Waals surface area contributed by atoms with Crippen molar-refractivity contribution in [1.82, 2.24) is 10.1 Å². The predicted octanol–water partition coefficient (Wildman–Crippen LogP) is 1.47. The van der Waals surface area contributed by atoms with E-state index < -0.39 is 0 Å². The third-order valence-electron chi connectivity index (χ3n) is 2.89. The molecule has 0 amide bonds. The van der Waals surface area contributed by atoms with Crippen molar-refractivity contribution >= 4 is 0 Å². The average molecular weight is 195 g/mol. The van der Waals surface area contributed by atoms with E-state index in [0.29, 0.717) is 18.2 Å². The fraction of sp³-hybridized carbons (Fsp3) is 0.800. The molecule has 0 bridgehead atoms. The van der Waals surface area contributed by atoms with Gasteiger partial charge in [-0.3, -0.25) is 0 Å². The molecule has 0 radical (unpaired) electrons. The molecule has 1 aromatic rings. The number of aromatic nitrogens is 2. The molecule has 1 aliphatic carbocycles. The van der Waals surface area contributed by atoms with Gasteiger partial charge >= 0.3 is 0 Å². The Balaban J connectivity index is 1.96. The summed E-state index contributed by atoms with van der Waals surface area (Å²) in [4.78, 5) is 4.35. The summed E-state index contributed by atoms with van der Waals surface area (Å²) in [5.41, 5.74) is 5.81. The number of nitrogens with two attached hydrogens (primary N) is 1. The van der Waals surface area contributed by atoms with E-state index in [9.17, 15) is 0 Å². The standard InChI is InChI=1S/C10H17N3O/c1-3-7(11)5-9-12-10(13-14-9)8-4-6(8)2/h6-8H,3-5,11H2,1-2H3. The minimum Gasteiger partial charge on any atom is -0.339 e. The molecule has 3 unspecified atom stereocenters. The summed E-state index contributed by atoms with van der Waals surface area (Å²) >= 11 is 0. The predicted molar refractivity (Wildman–Crippen MR) is 52.8 cm³/mol. The van der Waals surface area contributed by atoms with Crippen LogP contribution in [0.3, 0.4) is 0 Å². The number of nitrogens with zero attached hydrogens (tertiary/aromatic N) is 2. The molecule has 2 rings (SSSR count). The molecule has 2 N–H and O–H groups in total.